The maximum Gasteiger partial charge on any atom is 0.188 e. The number of nitrogens with zero attached hydrogens (tertiary/aromatic N) is 4. The second-order valence-electron chi connectivity index (χ2n) is 5.62. The van der Waals surface area contributed by atoms with Crippen LogP contribution in [-0.4, -0.2) is 53.7 Å². The van der Waals surface area contributed by atoms with Crippen LogP contribution in [0.1, 0.15) is 18.5 Å². The number of hydrogen-bond donors (Lipinski definition) is 2. The van der Waals surface area contributed by atoms with E-state index in [1.165, 1.54) is 19.4 Å². The molecule has 0 aromatic carbocycles. The lowest BCUT2D eigenvalue weighted by Gasteiger charge is -2.36. The minimum Gasteiger partial charge on any atom is -0.409 e. The molecular weight excluding hydrogens is 254 g/mol. The number of pyridine rings is 1. The Morgan fingerprint density at radius 1 is 1.35 bits per heavy atom. The fourth-order valence-corrected chi connectivity index (χ4v) is 2.66. The van der Waals surface area contributed by atoms with Gasteiger partial charge in [-0.3, -0.25) is 9.88 Å². The van der Waals surface area contributed by atoms with Gasteiger partial charge >= 0.3 is 0 Å². The molecule has 6 nitrogen and oxygen atoms in total. The lowest BCUT2D eigenvalue weighted by Crippen LogP contribution is -2.47. The molecule has 1 aliphatic carbocycles. The Kier molecular flexibility index (Phi) is 3.73. The van der Waals surface area contributed by atoms with Crippen LogP contribution in [0.3, 0.4) is 0 Å². The molecule has 0 unspecified atom stereocenters. The van der Waals surface area contributed by atoms with Crippen LogP contribution in [0, 0.1) is 5.92 Å². The van der Waals surface area contributed by atoms with Gasteiger partial charge in [-0.05, 0) is 30.9 Å². The summed E-state index contributed by atoms with van der Waals surface area (Å²) in [7, 11) is 0. The Balaban J connectivity index is 1.62. The van der Waals surface area contributed by atoms with Crippen molar-refractivity contribution in [1.82, 2.24) is 9.88 Å². The third-order valence-corrected chi connectivity index (χ3v) is 4.06. The number of amidine groups is 1. The van der Waals surface area contributed by atoms with Gasteiger partial charge in [0, 0.05) is 44.6 Å². The van der Waals surface area contributed by atoms with E-state index in [4.69, 9.17) is 10.9 Å². The van der Waals surface area contributed by atoms with Gasteiger partial charge in [0.15, 0.2) is 5.84 Å². The second kappa shape index (κ2) is 5.66. The zero-order chi connectivity index (χ0) is 13.9. The van der Waals surface area contributed by atoms with Gasteiger partial charge in [0.2, 0.25) is 0 Å². The van der Waals surface area contributed by atoms with Crippen molar-refractivity contribution in [2.75, 3.05) is 37.6 Å². The molecule has 20 heavy (non-hydrogen) atoms. The molecule has 108 valence electrons. The molecular formula is C14H21N5O. The van der Waals surface area contributed by atoms with E-state index in [-0.39, 0.29) is 5.84 Å². The van der Waals surface area contributed by atoms with Crippen LogP contribution in [0.25, 0.3) is 0 Å². The highest BCUT2D eigenvalue weighted by atomic mass is 16.4. The quantitative estimate of drug-likeness (QED) is 0.366. The van der Waals surface area contributed by atoms with Gasteiger partial charge in [-0.25, -0.2) is 0 Å². The molecule has 2 fully saturated rings. The monoisotopic (exact) mass is 275 g/mol. The summed E-state index contributed by atoms with van der Waals surface area (Å²) >= 11 is 0. The van der Waals surface area contributed by atoms with Gasteiger partial charge in [0.25, 0.3) is 0 Å². The van der Waals surface area contributed by atoms with Crippen molar-refractivity contribution < 1.29 is 5.21 Å². The van der Waals surface area contributed by atoms with Crippen molar-refractivity contribution in [2.45, 2.75) is 12.8 Å². The summed E-state index contributed by atoms with van der Waals surface area (Å²) in [5.74, 6) is 1.01. The van der Waals surface area contributed by atoms with Gasteiger partial charge in [0.1, 0.15) is 5.69 Å². The zero-order valence-corrected chi connectivity index (χ0v) is 11.6. The van der Waals surface area contributed by atoms with Crippen LogP contribution >= 0.6 is 0 Å². The van der Waals surface area contributed by atoms with Crippen molar-refractivity contribution >= 4 is 11.5 Å². The second-order valence-corrected chi connectivity index (χ2v) is 5.62. The molecule has 3 rings (SSSR count). The zero-order valence-electron chi connectivity index (χ0n) is 11.6. The highest BCUT2D eigenvalue weighted by Gasteiger charge is 2.26. The first-order chi connectivity index (χ1) is 9.76. The molecule has 1 aromatic rings. The summed E-state index contributed by atoms with van der Waals surface area (Å²) in [6.45, 7) is 5.52. The lowest BCUT2D eigenvalue weighted by atomic mass is 10.2. The number of hydrogen-bond acceptors (Lipinski definition) is 5. The van der Waals surface area contributed by atoms with E-state index in [2.05, 4.69) is 19.9 Å². The predicted molar refractivity (Wildman–Crippen MR) is 78.1 cm³/mol. The number of anilines is 1. The van der Waals surface area contributed by atoms with Crippen LogP contribution in [0.5, 0.6) is 0 Å². The molecule has 1 aromatic heterocycles. The number of rotatable bonds is 4. The molecule has 6 heteroatoms. The molecule has 2 heterocycles. The smallest absolute Gasteiger partial charge is 0.188 e. The van der Waals surface area contributed by atoms with Crippen molar-refractivity contribution in [3.8, 4) is 0 Å². The summed E-state index contributed by atoms with van der Waals surface area (Å²) < 4.78 is 0. The predicted octanol–water partition coefficient (Wildman–Crippen LogP) is 0.708. The number of piperazine rings is 1. The van der Waals surface area contributed by atoms with Gasteiger partial charge in [-0.15, -0.1) is 0 Å². The van der Waals surface area contributed by atoms with E-state index >= 15 is 0 Å². The number of aromatic nitrogens is 1. The summed E-state index contributed by atoms with van der Waals surface area (Å²) in [4.78, 5) is 9.00. The Hall–Kier alpha value is -1.82. The fourth-order valence-electron chi connectivity index (χ4n) is 2.66. The Morgan fingerprint density at radius 2 is 2.10 bits per heavy atom. The van der Waals surface area contributed by atoms with Crippen LogP contribution in [-0.2, 0) is 0 Å². The lowest BCUT2D eigenvalue weighted by molar-refractivity contribution is 0.248. The van der Waals surface area contributed by atoms with Crippen LogP contribution in [0.2, 0.25) is 0 Å². The van der Waals surface area contributed by atoms with Crippen molar-refractivity contribution in [2.24, 2.45) is 16.8 Å². The molecule has 0 spiro atoms. The standard InChI is InChI=1S/C14H21N5O/c15-14(17-20)13-9-12(3-4-16-13)19-7-5-18(6-8-19)10-11-1-2-11/h3-4,9,11,20H,1-2,5-8,10H2,(H2,15,17). The largest absolute Gasteiger partial charge is 0.409 e. The van der Waals surface area contributed by atoms with E-state index in [0.29, 0.717) is 5.69 Å². The van der Waals surface area contributed by atoms with Crippen LogP contribution in [0.4, 0.5) is 5.69 Å². The minimum atomic E-state index is 0.0548. The molecule has 3 N–H and O–H groups in total. The summed E-state index contributed by atoms with van der Waals surface area (Å²) in [6, 6.07) is 3.86. The molecule has 1 saturated carbocycles. The van der Waals surface area contributed by atoms with Crippen molar-refractivity contribution in [3.63, 3.8) is 0 Å². The summed E-state index contributed by atoms with van der Waals surface area (Å²) in [5, 5.41) is 11.7. The summed E-state index contributed by atoms with van der Waals surface area (Å²) in [6.07, 6.45) is 4.53. The molecule has 1 saturated heterocycles. The van der Waals surface area contributed by atoms with Gasteiger partial charge < -0.3 is 15.8 Å². The van der Waals surface area contributed by atoms with E-state index in [1.54, 1.807) is 6.20 Å². The fraction of sp³-hybridized carbons (Fsp3) is 0.571. The van der Waals surface area contributed by atoms with Crippen LogP contribution in [0.15, 0.2) is 23.5 Å². The minimum absolute atomic E-state index is 0.0548. The topological polar surface area (TPSA) is 78.0 Å². The van der Waals surface area contributed by atoms with E-state index in [9.17, 15) is 0 Å². The van der Waals surface area contributed by atoms with Gasteiger partial charge in [0.05, 0.1) is 0 Å². The average Bonchev–Trinajstić information content (AvgIpc) is 3.31. The molecule has 0 amide bonds. The van der Waals surface area contributed by atoms with Crippen molar-refractivity contribution in [1.29, 1.82) is 0 Å². The molecule has 0 atom stereocenters. The first kappa shape index (κ1) is 13.2. The third kappa shape index (κ3) is 3.01. The van der Waals surface area contributed by atoms with E-state index in [0.717, 1.165) is 37.8 Å². The molecule has 2 aliphatic rings. The van der Waals surface area contributed by atoms with Gasteiger partial charge in [-0.1, -0.05) is 5.16 Å². The normalized spacial score (nSPS) is 21.2. The maximum absolute atomic E-state index is 8.72. The first-order valence-corrected chi connectivity index (χ1v) is 7.17. The maximum atomic E-state index is 8.72. The van der Waals surface area contributed by atoms with Gasteiger partial charge in [-0.2, -0.15) is 0 Å². The molecule has 0 radical (unpaired) electrons. The Bertz CT molecular complexity index is 492. The first-order valence-electron chi connectivity index (χ1n) is 7.17. The number of nitrogens with two attached hydrogens (primary N) is 1. The van der Waals surface area contributed by atoms with Crippen LogP contribution < -0.4 is 10.6 Å². The van der Waals surface area contributed by atoms with Crippen molar-refractivity contribution in [3.05, 3.63) is 24.0 Å². The summed E-state index contributed by atoms with van der Waals surface area (Å²) in [5.41, 5.74) is 7.20. The third-order valence-electron chi connectivity index (χ3n) is 4.06. The number of oxime groups is 1. The highest BCUT2D eigenvalue weighted by molar-refractivity contribution is 5.95. The Labute approximate surface area is 118 Å². The Morgan fingerprint density at radius 3 is 2.75 bits per heavy atom. The molecule has 0 bridgehead atoms. The highest BCUT2D eigenvalue weighted by Crippen LogP contribution is 2.30. The average molecular weight is 275 g/mol. The van der Waals surface area contributed by atoms with E-state index < -0.39 is 0 Å². The molecule has 1 aliphatic heterocycles. The SMILES string of the molecule is NC(=NO)c1cc(N2CCN(CC3CC3)CC2)ccn1. The van der Waals surface area contributed by atoms with E-state index in [1.807, 2.05) is 12.1 Å².